The van der Waals surface area contributed by atoms with Crippen molar-refractivity contribution >= 4 is 38.4 Å². The summed E-state index contributed by atoms with van der Waals surface area (Å²) in [6.45, 7) is 2.30. The number of nitrogens with two attached hydrogens (primary N) is 1. The summed E-state index contributed by atoms with van der Waals surface area (Å²) in [7, 11) is -3.62. The molecule has 4 aromatic rings. The van der Waals surface area contributed by atoms with Crippen LogP contribution in [0.4, 0.5) is 24.7 Å². The molecule has 230 valence electrons. The molecule has 0 aliphatic heterocycles. The number of fused-ring (bicyclic) bond motifs is 1. The predicted octanol–water partition coefficient (Wildman–Crippen LogP) is 3.95. The van der Waals surface area contributed by atoms with Gasteiger partial charge >= 0.3 is 12.1 Å². The lowest BCUT2D eigenvalue weighted by Crippen LogP contribution is -2.35. The first kappa shape index (κ1) is 31.8. The first-order chi connectivity index (χ1) is 20.1. The Balaban J connectivity index is 1.51. The fourth-order valence-electron chi connectivity index (χ4n) is 4.76. The number of halogens is 3. The number of anilines is 2. The third-order valence-electron chi connectivity index (χ3n) is 6.96. The Kier molecular flexibility index (Phi) is 9.32. The first-order valence-corrected chi connectivity index (χ1v) is 14.8. The third-order valence-corrected chi connectivity index (χ3v) is 8.70. The Hall–Kier alpha value is -4.14. The Labute approximate surface area is 246 Å². The standard InChI is InChI=1S/C29H32F3N5O5S/c1-18(34-15-26(38)21-7-9-27(33)35-14-21)10-19-6-8-24-22(11-19)13-25(28(39)40)37(24)16-20-4-3-5-23(12-20)36(2)43(41,42)17-29(30,31)32/h3-9,11-14,18,26,34,38H,10,15-17H2,1-2H3,(H2,33,35)(H,39,40). The van der Waals surface area contributed by atoms with Crippen LogP contribution in [0.1, 0.15) is 40.2 Å². The maximum atomic E-state index is 12.8. The maximum absolute atomic E-state index is 12.8. The minimum Gasteiger partial charge on any atom is -0.477 e. The van der Waals surface area contributed by atoms with Crippen molar-refractivity contribution in [3.8, 4) is 0 Å². The highest BCUT2D eigenvalue weighted by Gasteiger charge is 2.37. The molecule has 14 heteroatoms. The Morgan fingerprint density at radius 2 is 1.86 bits per heavy atom. The fourth-order valence-corrected chi connectivity index (χ4v) is 5.80. The third kappa shape index (κ3) is 8.03. The molecule has 0 spiro atoms. The highest BCUT2D eigenvalue weighted by Crippen LogP contribution is 2.27. The van der Waals surface area contributed by atoms with Crippen LogP contribution in [0.15, 0.2) is 66.9 Å². The van der Waals surface area contributed by atoms with Gasteiger partial charge in [0.25, 0.3) is 0 Å². The molecule has 2 aromatic carbocycles. The number of carboxylic acids is 1. The molecule has 10 nitrogen and oxygen atoms in total. The van der Waals surface area contributed by atoms with Crippen molar-refractivity contribution in [1.29, 1.82) is 0 Å². The number of aliphatic hydroxyl groups is 1. The van der Waals surface area contributed by atoms with Crippen LogP contribution in [-0.4, -0.2) is 65.7 Å². The molecule has 0 aliphatic rings. The van der Waals surface area contributed by atoms with Crippen molar-refractivity contribution in [3.63, 3.8) is 0 Å². The molecular weight excluding hydrogens is 587 g/mol. The molecule has 0 radical (unpaired) electrons. The number of alkyl halides is 3. The fraction of sp³-hybridized carbons (Fsp3) is 0.310. The number of benzene rings is 2. The molecular formula is C29H32F3N5O5S. The Bertz CT molecular complexity index is 1710. The number of aromatic carboxylic acids is 1. The zero-order valence-corrected chi connectivity index (χ0v) is 24.2. The van der Waals surface area contributed by atoms with Gasteiger partial charge in [-0.3, -0.25) is 4.31 Å². The van der Waals surface area contributed by atoms with Crippen molar-refractivity contribution in [2.45, 2.75) is 38.2 Å². The van der Waals surface area contributed by atoms with Crippen molar-refractivity contribution in [2.24, 2.45) is 0 Å². The van der Waals surface area contributed by atoms with Gasteiger partial charge in [0, 0.05) is 48.8 Å². The summed E-state index contributed by atoms with van der Waals surface area (Å²) in [5.41, 5.74) is 8.31. The van der Waals surface area contributed by atoms with E-state index in [9.17, 15) is 36.6 Å². The summed E-state index contributed by atoms with van der Waals surface area (Å²) < 4.78 is 65.0. The molecule has 0 saturated carbocycles. The topological polar surface area (TPSA) is 151 Å². The van der Waals surface area contributed by atoms with Gasteiger partial charge in [0.15, 0.2) is 5.75 Å². The quantitative estimate of drug-likeness (QED) is 0.186. The summed E-state index contributed by atoms with van der Waals surface area (Å²) in [5.74, 6) is -2.80. The van der Waals surface area contributed by atoms with E-state index < -0.39 is 34.0 Å². The molecule has 0 bridgehead atoms. The number of carboxylic acid groups (broad SMARTS) is 1. The number of sulfonamides is 1. The number of aromatic nitrogens is 2. The van der Waals surface area contributed by atoms with Crippen LogP contribution in [0, 0.1) is 0 Å². The maximum Gasteiger partial charge on any atom is 0.404 e. The van der Waals surface area contributed by atoms with E-state index in [4.69, 9.17) is 5.73 Å². The van der Waals surface area contributed by atoms with E-state index in [1.807, 2.05) is 19.1 Å². The largest absolute Gasteiger partial charge is 0.477 e. The van der Waals surface area contributed by atoms with E-state index in [1.54, 1.807) is 34.9 Å². The molecule has 0 fully saturated rings. The summed E-state index contributed by atoms with van der Waals surface area (Å²) in [4.78, 5) is 16.1. The average molecular weight is 620 g/mol. The van der Waals surface area contributed by atoms with Crippen molar-refractivity contribution in [1.82, 2.24) is 14.9 Å². The van der Waals surface area contributed by atoms with Gasteiger partial charge < -0.3 is 25.8 Å². The molecule has 2 unspecified atom stereocenters. The number of hydrogen-bond acceptors (Lipinski definition) is 7. The number of nitrogen functional groups attached to an aromatic ring is 1. The van der Waals surface area contributed by atoms with Gasteiger partial charge in [-0.15, -0.1) is 0 Å². The van der Waals surface area contributed by atoms with Gasteiger partial charge in [-0.2, -0.15) is 13.2 Å². The minimum absolute atomic E-state index is 0.00186. The van der Waals surface area contributed by atoms with Crippen LogP contribution in [0.2, 0.25) is 0 Å². The minimum atomic E-state index is -4.89. The Morgan fingerprint density at radius 3 is 2.51 bits per heavy atom. The van der Waals surface area contributed by atoms with E-state index in [-0.39, 0.29) is 24.0 Å². The summed E-state index contributed by atoms with van der Waals surface area (Å²) in [6, 6.07) is 16.3. The molecule has 2 atom stereocenters. The number of rotatable bonds is 12. The second-order valence-electron chi connectivity index (χ2n) is 10.4. The predicted molar refractivity (Wildman–Crippen MR) is 157 cm³/mol. The number of pyridine rings is 1. The number of aliphatic hydroxyl groups excluding tert-OH is 1. The summed E-state index contributed by atoms with van der Waals surface area (Å²) in [5, 5.41) is 24.3. The normalized spacial score (nSPS) is 13.6. The lowest BCUT2D eigenvalue weighted by molar-refractivity contribution is -0.106. The van der Waals surface area contributed by atoms with Crippen LogP contribution in [0.5, 0.6) is 0 Å². The second-order valence-corrected chi connectivity index (χ2v) is 12.4. The monoisotopic (exact) mass is 619 g/mol. The van der Waals surface area contributed by atoms with Crippen LogP contribution in [-0.2, 0) is 23.0 Å². The van der Waals surface area contributed by atoms with Crippen molar-refractivity contribution in [3.05, 3.63) is 89.2 Å². The van der Waals surface area contributed by atoms with Crippen LogP contribution < -0.4 is 15.4 Å². The molecule has 2 heterocycles. The van der Waals surface area contributed by atoms with Crippen molar-refractivity contribution in [2.75, 3.05) is 29.4 Å². The van der Waals surface area contributed by atoms with E-state index in [1.165, 1.54) is 24.4 Å². The summed E-state index contributed by atoms with van der Waals surface area (Å²) >= 11 is 0. The SMILES string of the molecule is CC(Cc1ccc2c(c1)cc(C(=O)O)n2Cc1cccc(N(C)S(=O)(=O)CC(F)(F)F)c1)NCC(O)c1ccc(N)nc1. The highest BCUT2D eigenvalue weighted by molar-refractivity contribution is 7.92. The molecule has 2 aromatic heterocycles. The van der Waals surface area contributed by atoms with E-state index in [0.717, 1.165) is 12.6 Å². The zero-order valence-electron chi connectivity index (χ0n) is 23.4. The van der Waals surface area contributed by atoms with Crippen molar-refractivity contribution < 1.29 is 36.6 Å². The lowest BCUT2D eigenvalue weighted by Gasteiger charge is -2.21. The average Bonchev–Trinajstić information content (AvgIpc) is 3.28. The number of nitrogens with zero attached hydrogens (tertiary/aromatic N) is 3. The first-order valence-electron chi connectivity index (χ1n) is 13.2. The molecule has 43 heavy (non-hydrogen) atoms. The number of carbonyl (C=O) groups is 1. The van der Waals surface area contributed by atoms with Gasteiger partial charge in [0.05, 0.1) is 11.8 Å². The van der Waals surface area contributed by atoms with E-state index in [0.29, 0.717) is 45.1 Å². The molecule has 4 rings (SSSR count). The van der Waals surface area contributed by atoms with Crippen LogP contribution >= 0.6 is 0 Å². The van der Waals surface area contributed by atoms with E-state index in [2.05, 4.69) is 10.3 Å². The van der Waals surface area contributed by atoms with E-state index >= 15 is 0 Å². The number of nitrogens with one attached hydrogen (secondary N) is 1. The highest BCUT2D eigenvalue weighted by atomic mass is 32.2. The van der Waals surface area contributed by atoms with Crippen LogP contribution in [0.3, 0.4) is 0 Å². The van der Waals surface area contributed by atoms with Crippen LogP contribution in [0.25, 0.3) is 10.9 Å². The Morgan fingerprint density at radius 1 is 1.12 bits per heavy atom. The molecule has 0 saturated heterocycles. The molecule has 5 N–H and O–H groups in total. The molecule has 0 aliphatic carbocycles. The zero-order chi connectivity index (χ0) is 31.5. The van der Waals surface area contributed by atoms with Gasteiger partial charge in [-0.05, 0) is 60.9 Å². The molecule has 0 amide bonds. The van der Waals surface area contributed by atoms with Gasteiger partial charge in [0.1, 0.15) is 11.5 Å². The number of hydrogen-bond donors (Lipinski definition) is 4. The second kappa shape index (κ2) is 12.6. The van der Waals surface area contributed by atoms with Gasteiger partial charge in [-0.1, -0.05) is 24.3 Å². The smallest absolute Gasteiger partial charge is 0.404 e. The van der Waals surface area contributed by atoms with Gasteiger partial charge in [-0.25, -0.2) is 18.2 Å². The van der Waals surface area contributed by atoms with Gasteiger partial charge in [0.2, 0.25) is 10.0 Å². The lowest BCUT2D eigenvalue weighted by atomic mass is 10.0. The summed E-state index contributed by atoms with van der Waals surface area (Å²) in [6.07, 6.45) is -3.55.